The van der Waals surface area contributed by atoms with Crippen molar-refractivity contribution in [1.82, 2.24) is 9.78 Å². The van der Waals surface area contributed by atoms with E-state index in [1.807, 2.05) is 35.9 Å². The molecule has 0 unspecified atom stereocenters. The van der Waals surface area contributed by atoms with E-state index in [-0.39, 0.29) is 0 Å². The van der Waals surface area contributed by atoms with Crippen LogP contribution in [0.1, 0.15) is 24.6 Å². The van der Waals surface area contributed by atoms with Crippen molar-refractivity contribution in [3.63, 3.8) is 0 Å². The van der Waals surface area contributed by atoms with Gasteiger partial charge in [-0.05, 0) is 37.1 Å². The van der Waals surface area contributed by atoms with Crippen LogP contribution < -0.4 is 0 Å². The zero-order valence-corrected chi connectivity index (χ0v) is 11.5. The topological polar surface area (TPSA) is 20.7 Å². The molecule has 1 aromatic heterocycles. The summed E-state index contributed by atoms with van der Waals surface area (Å²) in [6.45, 7) is 4.14. The van der Waals surface area contributed by atoms with Gasteiger partial charge in [0, 0.05) is 10.7 Å². The molecule has 0 saturated carbocycles. The summed E-state index contributed by atoms with van der Waals surface area (Å²) in [7, 11) is 0. The monoisotopic (exact) mass is 266 g/mol. The van der Waals surface area contributed by atoms with Crippen molar-refractivity contribution in [2.45, 2.75) is 26.7 Å². The zero-order valence-electron chi connectivity index (χ0n) is 9.96. The molecule has 1 N–H and O–H groups in total. The van der Waals surface area contributed by atoms with E-state index in [2.05, 4.69) is 12.0 Å². The van der Waals surface area contributed by atoms with Crippen LogP contribution in [0.25, 0.3) is 5.69 Å². The summed E-state index contributed by atoms with van der Waals surface area (Å²) in [5.41, 5.74) is 3.21. The molecule has 90 valence electrons. The van der Waals surface area contributed by atoms with Crippen LogP contribution >= 0.6 is 23.8 Å². The molecule has 0 aliphatic heterocycles. The first-order valence-corrected chi connectivity index (χ1v) is 6.48. The van der Waals surface area contributed by atoms with Gasteiger partial charge in [0.2, 0.25) is 0 Å². The summed E-state index contributed by atoms with van der Waals surface area (Å²) >= 11 is 11.5. The number of nitrogens with one attached hydrogen (secondary N) is 1. The highest BCUT2D eigenvalue weighted by atomic mass is 35.5. The van der Waals surface area contributed by atoms with E-state index in [4.69, 9.17) is 23.8 Å². The Labute approximate surface area is 111 Å². The van der Waals surface area contributed by atoms with Crippen molar-refractivity contribution < 1.29 is 0 Å². The normalized spacial score (nSPS) is 10.8. The third-order valence-corrected chi connectivity index (χ3v) is 3.41. The number of halogens is 1. The molecule has 17 heavy (non-hydrogen) atoms. The maximum absolute atomic E-state index is 6.12. The minimum absolute atomic E-state index is 0.760. The summed E-state index contributed by atoms with van der Waals surface area (Å²) in [4.78, 5) is 0. The molecule has 1 heterocycles. The molecular weight excluding hydrogens is 252 g/mol. The molecule has 0 spiro atoms. The van der Waals surface area contributed by atoms with Gasteiger partial charge in [0.05, 0.1) is 5.69 Å². The van der Waals surface area contributed by atoms with Gasteiger partial charge in [-0.1, -0.05) is 43.2 Å². The summed E-state index contributed by atoms with van der Waals surface area (Å²) in [6.07, 6.45) is 2.11. The third-order valence-electron chi connectivity index (χ3n) is 2.71. The van der Waals surface area contributed by atoms with Crippen LogP contribution in [0.5, 0.6) is 0 Å². The number of aryl methyl sites for hydroxylation is 2. The van der Waals surface area contributed by atoms with Crippen molar-refractivity contribution in [2.75, 3.05) is 0 Å². The number of benzene rings is 1. The molecule has 0 aliphatic carbocycles. The molecule has 2 rings (SSSR count). The Morgan fingerprint density at radius 1 is 1.35 bits per heavy atom. The lowest BCUT2D eigenvalue weighted by molar-refractivity contribution is 0.802. The molecule has 4 heteroatoms. The predicted molar refractivity (Wildman–Crippen MR) is 74.7 cm³/mol. The van der Waals surface area contributed by atoms with Crippen LogP contribution in [0.15, 0.2) is 24.3 Å². The smallest absolute Gasteiger partial charge is 0.127 e. The molecule has 0 bridgehead atoms. The van der Waals surface area contributed by atoms with Gasteiger partial charge < -0.3 is 0 Å². The van der Waals surface area contributed by atoms with Crippen molar-refractivity contribution in [2.24, 2.45) is 0 Å². The minimum atomic E-state index is 0.760. The van der Waals surface area contributed by atoms with Gasteiger partial charge in [-0.15, -0.1) is 0 Å². The van der Waals surface area contributed by atoms with Gasteiger partial charge in [-0.2, -0.15) is 0 Å². The Hall–Kier alpha value is -1.06. The van der Waals surface area contributed by atoms with Gasteiger partial charge in [-0.3, -0.25) is 5.10 Å². The molecule has 0 aliphatic rings. The van der Waals surface area contributed by atoms with Crippen LogP contribution in [0.2, 0.25) is 5.02 Å². The first-order valence-electron chi connectivity index (χ1n) is 5.69. The van der Waals surface area contributed by atoms with Gasteiger partial charge >= 0.3 is 0 Å². The highest BCUT2D eigenvalue weighted by molar-refractivity contribution is 7.71. The fourth-order valence-corrected chi connectivity index (χ4v) is 2.22. The van der Waals surface area contributed by atoms with Crippen molar-refractivity contribution in [3.05, 3.63) is 45.2 Å². The first kappa shape index (κ1) is 12.4. The fraction of sp³-hybridized carbons (Fsp3) is 0.308. The van der Waals surface area contributed by atoms with Crippen LogP contribution in [-0.4, -0.2) is 9.78 Å². The van der Waals surface area contributed by atoms with Crippen LogP contribution in [-0.2, 0) is 6.42 Å². The lowest BCUT2D eigenvalue weighted by Gasteiger charge is -2.05. The second-order valence-corrected chi connectivity index (χ2v) is 4.96. The maximum Gasteiger partial charge on any atom is 0.127 e. The second-order valence-electron chi connectivity index (χ2n) is 4.14. The number of aromatic nitrogens is 2. The van der Waals surface area contributed by atoms with E-state index in [9.17, 15) is 0 Å². The number of H-pyrrole nitrogens is 1. The van der Waals surface area contributed by atoms with Crippen LogP contribution in [0.3, 0.4) is 0 Å². The SMILES string of the molecule is CCCc1cc(=S)n(-c2ccc(C)c(Cl)c2)[nH]1. The quantitative estimate of drug-likeness (QED) is 0.814. The molecule has 0 fully saturated rings. The number of rotatable bonds is 3. The molecule has 0 radical (unpaired) electrons. The van der Waals surface area contributed by atoms with E-state index < -0.39 is 0 Å². The van der Waals surface area contributed by atoms with Gasteiger partial charge in [0.1, 0.15) is 4.64 Å². The number of hydrogen-bond acceptors (Lipinski definition) is 1. The van der Waals surface area contributed by atoms with Gasteiger partial charge in [0.25, 0.3) is 0 Å². The standard InChI is InChI=1S/C13H15ClN2S/c1-3-4-10-7-13(17)16(15-10)11-6-5-9(2)12(14)8-11/h5-8,15H,3-4H2,1-2H3. The van der Waals surface area contributed by atoms with E-state index in [1.165, 1.54) is 0 Å². The highest BCUT2D eigenvalue weighted by Gasteiger charge is 2.04. The molecule has 0 amide bonds. The summed E-state index contributed by atoms with van der Waals surface area (Å²) < 4.78 is 2.68. The van der Waals surface area contributed by atoms with Crippen molar-refractivity contribution >= 4 is 23.8 Å². The fourth-order valence-electron chi connectivity index (χ4n) is 1.75. The van der Waals surface area contributed by atoms with Crippen molar-refractivity contribution in [1.29, 1.82) is 0 Å². The van der Waals surface area contributed by atoms with E-state index in [0.717, 1.165) is 39.4 Å². The molecule has 0 saturated heterocycles. The van der Waals surface area contributed by atoms with E-state index in [1.54, 1.807) is 0 Å². The van der Waals surface area contributed by atoms with Crippen LogP contribution in [0.4, 0.5) is 0 Å². The Kier molecular flexibility index (Phi) is 3.69. The Morgan fingerprint density at radius 3 is 2.76 bits per heavy atom. The molecule has 1 aromatic carbocycles. The maximum atomic E-state index is 6.12. The Balaban J connectivity index is 2.45. The lowest BCUT2D eigenvalue weighted by atomic mass is 10.2. The average molecular weight is 267 g/mol. The first-order chi connectivity index (χ1) is 8.11. The van der Waals surface area contributed by atoms with Gasteiger partial charge in [0.15, 0.2) is 0 Å². The van der Waals surface area contributed by atoms with E-state index >= 15 is 0 Å². The summed E-state index contributed by atoms with van der Waals surface area (Å²) in [5.74, 6) is 0. The van der Waals surface area contributed by atoms with E-state index in [0.29, 0.717) is 0 Å². The number of hydrogen-bond donors (Lipinski definition) is 1. The minimum Gasteiger partial charge on any atom is -0.297 e. The summed E-state index contributed by atoms with van der Waals surface area (Å²) in [6, 6.07) is 7.95. The summed E-state index contributed by atoms with van der Waals surface area (Å²) in [5, 5.41) is 4.06. The highest BCUT2D eigenvalue weighted by Crippen LogP contribution is 2.19. The molecular formula is C13H15ClN2S. The third kappa shape index (κ3) is 2.61. The predicted octanol–water partition coefficient (Wildman–Crippen LogP) is 4.45. The number of aromatic amines is 1. The molecule has 0 atom stereocenters. The largest absolute Gasteiger partial charge is 0.297 e. The Morgan fingerprint density at radius 2 is 2.12 bits per heavy atom. The molecule has 2 aromatic rings. The second kappa shape index (κ2) is 5.07. The van der Waals surface area contributed by atoms with Gasteiger partial charge in [-0.25, -0.2) is 4.68 Å². The molecule has 2 nitrogen and oxygen atoms in total. The average Bonchev–Trinajstić information content (AvgIpc) is 2.64. The zero-order chi connectivity index (χ0) is 12.4. The van der Waals surface area contributed by atoms with Crippen molar-refractivity contribution in [3.8, 4) is 5.69 Å². The lowest BCUT2D eigenvalue weighted by Crippen LogP contribution is -1.97. The Bertz CT molecular complexity index is 583. The number of nitrogens with zero attached hydrogens (tertiary/aromatic N) is 1. The van der Waals surface area contributed by atoms with Crippen LogP contribution in [0, 0.1) is 11.6 Å².